The van der Waals surface area contributed by atoms with Crippen LogP contribution in [0, 0.1) is 0 Å². The average molecular weight is 388 g/mol. The Hall–Kier alpha value is -3.81. The highest BCUT2D eigenvalue weighted by molar-refractivity contribution is 5.77. The molecule has 0 aliphatic heterocycles. The molecule has 4 rings (SSSR count). The van der Waals surface area contributed by atoms with E-state index >= 15 is 0 Å². The number of rotatable bonds is 7. The number of aryl methyl sites for hydroxylation is 1. The van der Waals surface area contributed by atoms with Crippen LogP contribution in [0.4, 0.5) is 0 Å². The highest BCUT2D eigenvalue weighted by atomic mass is 16.1. The molecule has 0 atom stereocenters. The molecular weight excluding hydrogens is 368 g/mol. The van der Waals surface area contributed by atoms with Crippen molar-refractivity contribution in [3.8, 4) is 0 Å². The van der Waals surface area contributed by atoms with Gasteiger partial charge in [0.2, 0.25) is 5.91 Å². The lowest BCUT2D eigenvalue weighted by atomic mass is 10.1. The third-order valence-electron chi connectivity index (χ3n) is 4.64. The van der Waals surface area contributed by atoms with E-state index in [4.69, 9.17) is 0 Å². The molecule has 0 fully saturated rings. The number of nitrogens with zero attached hydrogens (tertiary/aromatic N) is 5. The van der Waals surface area contributed by atoms with Crippen LogP contribution in [0.2, 0.25) is 0 Å². The first-order valence-electron chi connectivity index (χ1n) is 9.30. The minimum atomic E-state index is -0.133. The lowest BCUT2D eigenvalue weighted by Gasteiger charge is -2.08. The van der Waals surface area contributed by atoms with Gasteiger partial charge in [-0.05, 0) is 23.3 Å². The molecule has 0 aliphatic carbocycles. The molecule has 0 bridgehead atoms. The molecule has 0 spiro atoms. The van der Waals surface area contributed by atoms with E-state index in [2.05, 4.69) is 20.4 Å². The number of aromatic nitrogens is 5. The maximum absolute atomic E-state index is 12.4. The molecule has 1 amide bonds. The minimum absolute atomic E-state index is 0.114. The summed E-state index contributed by atoms with van der Waals surface area (Å²) in [5.41, 5.74) is 2.64. The van der Waals surface area contributed by atoms with E-state index < -0.39 is 0 Å². The second-order valence-corrected chi connectivity index (χ2v) is 6.70. The quantitative estimate of drug-likeness (QED) is 0.520. The van der Waals surface area contributed by atoms with Gasteiger partial charge in [0.1, 0.15) is 12.7 Å². The number of benzene rings is 2. The molecule has 8 nitrogen and oxygen atoms in total. The number of nitrogens with one attached hydrogen (secondary N) is 1. The molecule has 29 heavy (non-hydrogen) atoms. The molecule has 8 heteroatoms. The molecule has 1 N–H and O–H groups in total. The number of carbonyl (C=O) groups excluding carboxylic acids is 1. The summed E-state index contributed by atoms with van der Waals surface area (Å²) >= 11 is 0. The smallest absolute Gasteiger partial charge is 0.261 e. The first-order chi connectivity index (χ1) is 14.2. The van der Waals surface area contributed by atoms with Crippen molar-refractivity contribution in [1.29, 1.82) is 0 Å². The minimum Gasteiger partial charge on any atom is -0.352 e. The van der Waals surface area contributed by atoms with Crippen LogP contribution in [0.25, 0.3) is 10.9 Å². The lowest BCUT2D eigenvalue weighted by Crippen LogP contribution is -2.27. The third kappa shape index (κ3) is 4.55. The Morgan fingerprint density at radius 1 is 1.00 bits per heavy atom. The van der Waals surface area contributed by atoms with Gasteiger partial charge >= 0.3 is 0 Å². The fraction of sp³-hybridized carbons (Fsp3) is 0.190. The molecule has 0 radical (unpaired) electrons. The van der Waals surface area contributed by atoms with Gasteiger partial charge in [0, 0.05) is 19.5 Å². The summed E-state index contributed by atoms with van der Waals surface area (Å²) in [6.45, 7) is 1.38. The summed E-state index contributed by atoms with van der Waals surface area (Å²) < 4.78 is 3.22. The van der Waals surface area contributed by atoms with Gasteiger partial charge in [0.05, 0.1) is 23.8 Å². The molecule has 0 saturated heterocycles. The molecule has 2 aromatic heterocycles. The molecule has 146 valence electrons. The van der Waals surface area contributed by atoms with Crippen LogP contribution in [0.5, 0.6) is 0 Å². The summed E-state index contributed by atoms with van der Waals surface area (Å²) in [5, 5.41) is 7.53. The highest BCUT2D eigenvalue weighted by Gasteiger charge is 2.06. The molecule has 2 heterocycles. The number of fused-ring (bicyclic) bond motifs is 1. The first-order valence-corrected chi connectivity index (χ1v) is 9.30. The average Bonchev–Trinajstić information content (AvgIpc) is 3.26. The molecule has 4 aromatic rings. The van der Waals surface area contributed by atoms with Gasteiger partial charge in [-0.1, -0.05) is 36.4 Å². The number of amides is 1. The largest absolute Gasteiger partial charge is 0.352 e. The second kappa shape index (κ2) is 8.47. The van der Waals surface area contributed by atoms with Gasteiger partial charge in [-0.3, -0.25) is 14.2 Å². The van der Waals surface area contributed by atoms with Crippen molar-refractivity contribution in [2.75, 3.05) is 0 Å². The zero-order valence-electron chi connectivity index (χ0n) is 15.7. The van der Waals surface area contributed by atoms with Crippen molar-refractivity contribution < 1.29 is 4.79 Å². The molecule has 0 aliphatic rings. The Bertz CT molecular complexity index is 1170. The van der Waals surface area contributed by atoms with Gasteiger partial charge in [0.25, 0.3) is 5.56 Å². The normalized spacial score (nSPS) is 10.9. The van der Waals surface area contributed by atoms with Crippen molar-refractivity contribution in [3.63, 3.8) is 0 Å². The number of carbonyl (C=O) groups is 1. The van der Waals surface area contributed by atoms with E-state index in [0.29, 0.717) is 30.5 Å². The zero-order chi connectivity index (χ0) is 20.1. The van der Waals surface area contributed by atoms with E-state index in [9.17, 15) is 9.59 Å². The van der Waals surface area contributed by atoms with Gasteiger partial charge in [-0.25, -0.2) is 14.6 Å². The van der Waals surface area contributed by atoms with Crippen LogP contribution >= 0.6 is 0 Å². The summed E-state index contributed by atoms with van der Waals surface area (Å²) in [4.78, 5) is 32.8. The molecule has 2 aromatic carbocycles. The van der Waals surface area contributed by atoms with Crippen molar-refractivity contribution in [1.82, 2.24) is 29.6 Å². The van der Waals surface area contributed by atoms with Crippen LogP contribution in [-0.2, 0) is 24.4 Å². The highest BCUT2D eigenvalue weighted by Crippen LogP contribution is 2.07. The first kappa shape index (κ1) is 18.5. The van der Waals surface area contributed by atoms with Crippen LogP contribution in [-0.4, -0.2) is 30.2 Å². The van der Waals surface area contributed by atoms with Crippen molar-refractivity contribution in [2.45, 2.75) is 26.1 Å². The predicted molar refractivity (Wildman–Crippen MR) is 108 cm³/mol. The van der Waals surface area contributed by atoms with Gasteiger partial charge in [-0.2, -0.15) is 5.10 Å². The molecular formula is C21H20N6O2. The fourth-order valence-electron chi connectivity index (χ4n) is 3.04. The third-order valence-corrected chi connectivity index (χ3v) is 4.64. The Labute approximate surface area is 166 Å². The van der Waals surface area contributed by atoms with E-state index in [0.717, 1.165) is 11.1 Å². The Morgan fingerprint density at radius 3 is 2.59 bits per heavy atom. The van der Waals surface area contributed by atoms with Crippen LogP contribution in [0.3, 0.4) is 0 Å². The van der Waals surface area contributed by atoms with E-state index in [-0.39, 0.29) is 17.9 Å². The van der Waals surface area contributed by atoms with Crippen LogP contribution in [0.1, 0.15) is 17.5 Å². The number of hydrogen-bond donors (Lipinski definition) is 1. The van der Waals surface area contributed by atoms with Gasteiger partial charge in [-0.15, -0.1) is 0 Å². The Kier molecular flexibility index (Phi) is 5.42. The van der Waals surface area contributed by atoms with Crippen molar-refractivity contribution in [2.24, 2.45) is 0 Å². The molecule has 0 unspecified atom stereocenters. The Morgan fingerprint density at radius 2 is 1.79 bits per heavy atom. The van der Waals surface area contributed by atoms with Crippen LogP contribution < -0.4 is 10.9 Å². The van der Waals surface area contributed by atoms with Gasteiger partial charge in [0.15, 0.2) is 0 Å². The maximum atomic E-state index is 12.4. The monoisotopic (exact) mass is 388 g/mol. The Balaban J connectivity index is 1.29. The zero-order valence-corrected chi connectivity index (χ0v) is 15.7. The predicted octanol–water partition coefficient (Wildman–Crippen LogP) is 1.74. The second-order valence-electron chi connectivity index (χ2n) is 6.70. The number of hydrogen-bond acceptors (Lipinski definition) is 5. The lowest BCUT2D eigenvalue weighted by molar-refractivity contribution is -0.121. The van der Waals surface area contributed by atoms with Crippen molar-refractivity contribution >= 4 is 16.8 Å². The number of para-hydroxylation sites is 1. The SMILES string of the molecule is O=C(CCn1cnc2ccccc2c1=O)NCc1ccc(Cn2cncn2)cc1. The summed E-state index contributed by atoms with van der Waals surface area (Å²) in [7, 11) is 0. The summed E-state index contributed by atoms with van der Waals surface area (Å²) in [6.07, 6.45) is 4.88. The van der Waals surface area contributed by atoms with Crippen LogP contribution in [0.15, 0.2) is 72.3 Å². The van der Waals surface area contributed by atoms with E-state index in [1.54, 1.807) is 29.2 Å². The fourth-order valence-corrected chi connectivity index (χ4v) is 3.04. The van der Waals surface area contributed by atoms with E-state index in [1.165, 1.54) is 17.2 Å². The van der Waals surface area contributed by atoms with E-state index in [1.807, 2.05) is 30.3 Å². The van der Waals surface area contributed by atoms with Crippen molar-refractivity contribution in [3.05, 3.63) is 89.0 Å². The molecule has 0 saturated carbocycles. The summed E-state index contributed by atoms with van der Waals surface area (Å²) in [6, 6.07) is 15.1. The topological polar surface area (TPSA) is 94.7 Å². The maximum Gasteiger partial charge on any atom is 0.261 e. The summed E-state index contributed by atoms with van der Waals surface area (Å²) in [5.74, 6) is -0.114. The standard InChI is InChI=1S/C21H20N6O2/c28-20(9-10-26-15-24-19-4-2-1-3-18(19)21(26)29)23-11-16-5-7-17(8-6-16)12-27-14-22-13-25-27/h1-8,13-15H,9-12H2,(H,23,28). The van der Waals surface area contributed by atoms with Gasteiger partial charge < -0.3 is 5.32 Å².